The van der Waals surface area contributed by atoms with E-state index in [4.69, 9.17) is 23.2 Å². The fraction of sp³-hybridized carbons (Fsp3) is 0.235. The largest absolute Gasteiger partial charge is 0.417 e. The van der Waals surface area contributed by atoms with Crippen LogP contribution in [0.25, 0.3) is 0 Å². The summed E-state index contributed by atoms with van der Waals surface area (Å²) in [4.78, 5) is 11.8. The number of benzene rings is 2. The van der Waals surface area contributed by atoms with Gasteiger partial charge < -0.3 is 10.6 Å². The molecule has 25 heavy (non-hydrogen) atoms. The molecule has 0 spiro atoms. The molecule has 0 heterocycles. The summed E-state index contributed by atoms with van der Waals surface area (Å²) in [5, 5.41) is 5.58. The number of carbonyl (C=O) groups is 1. The summed E-state index contributed by atoms with van der Waals surface area (Å²) < 4.78 is 38.3. The predicted molar refractivity (Wildman–Crippen MR) is 93.1 cm³/mol. The molecule has 0 aliphatic carbocycles. The molecule has 0 radical (unpaired) electrons. The molecule has 8 heteroatoms. The van der Waals surface area contributed by atoms with E-state index in [9.17, 15) is 18.0 Å². The lowest BCUT2D eigenvalue weighted by atomic mass is 10.1. The first-order valence-electron chi connectivity index (χ1n) is 7.37. The van der Waals surface area contributed by atoms with Crippen molar-refractivity contribution in [1.82, 2.24) is 5.32 Å². The number of alkyl halides is 3. The van der Waals surface area contributed by atoms with Crippen LogP contribution in [0.5, 0.6) is 0 Å². The van der Waals surface area contributed by atoms with Crippen LogP contribution in [-0.4, -0.2) is 19.0 Å². The van der Waals surface area contributed by atoms with E-state index < -0.39 is 22.7 Å². The number of carbonyl (C=O) groups excluding carboxylic acids is 1. The Morgan fingerprint density at radius 2 is 1.72 bits per heavy atom. The molecule has 0 aliphatic heterocycles. The summed E-state index contributed by atoms with van der Waals surface area (Å²) in [5.74, 6) is -0.438. The SMILES string of the molecule is O=C(CNCCc1ccc(Cl)cc1)Nc1ccc(Cl)c(C(F)(F)F)c1. The van der Waals surface area contributed by atoms with Gasteiger partial charge in [-0.3, -0.25) is 4.79 Å². The van der Waals surface area contributed by atoms with Crippen molar-refractivity contribution in [2.75, 3.05) is 18.4 Å². The van der Waals surface area contributed by atoms with Crippen LogP contribution in [-0.2, 0) is 17.4 Å². The summed E-state index contributed by atoms with van der Waals surface area (Å²) in [6.07, 6.45) is -3.88. The highest BCUT2D eigenvalue weighted by Crippen LogP contribution is 2.36. The molecule has 1 amide bonds. The summed E-state index contributed by atoms with van der Waals surface area (Å²) >= 11 is 11.3. The lowest BCUT2D eigenvalue weighted by Crippen LogP contribution is -2.29. The molecule has 2 N–H and O–H groups in total. The van der Waals surface area contributed by atoms with Crippen LogP contribution in [0.15, 0.2) is 42.5 Å². The molecule has 0 saturated heterocycles. The van der Waals surface area contributed by atoms with Crippen molar-refractivity contribution in [2.45, 2.75) is 12.6 Å². The van der Waals surface area contributed by atoms with Gasteiger partial charge in [0.2, 0.25) is 5.91 Å². The van der Waals surface area contributed by atoms with Crippen LogP contribution >= 0.6 is 23.2 Å². The number of nitrogens with one attached hydrogen (secondary N) is 2. The minimum Gasteiger partial charge on any atom is -0.325 e. The van der Waals surface area contributed by atoms with Crippen molar-refractivity contribution >= 4 is 34.8 Å². The summed E-state index contributed by atoms with van der Waals surface area (Å²) in [7, 11) is 0. The van der Waals surface area contributed by atoms with E-state index in [1.54, 1.807) is 12.1 Å². The minimum atomic E-state index is -4.57. The first-order chi connectivity index (χ1) is 11.8. The zero-order valence-corrected chi connectivity index (χ0v) is 14.5. The molecule has 2 aromatic rings. The quantitative estimate of drug-likeness (QED) is 0.696. The number of halogens is 5. The highest BCUT2D eigenvalue weighted by molar-refractivity contribution is 6.31. The van der Waals surface area contributed by atoms with E-state index in [0.717, 1.165) is 17.7 Å². The van der Waals surface area contributed by atoms with Crippen molar-refractivity contribution in [2.24, 2.45) is 0 Å². The summed E-state index contributed by atoms with van der Waals surface area (Å²) in [6, 6.07) is 10.6. The number of hydrogen-bond acceptors (Lipinski definition) is 2. The Hall–Kier alpha value is -1.76. The lowest BCUT2D eigenvalue weighted by Gasteiger charge is -2.12. The van der Waals surface area contributed by atoms with E-state index in [1.807, 2.05) is 12.1 Å². The fourth-order valence-electron chi connectivity index (χ4n) is 2.11. The summed E-state index contributed by atoms with van der Waals surface area (Å²) in [6.45, 7) is 0.529. The number of rotatable bonds is 6. The Morgan fingerprint density at radius 3 is 2.36 bits per heavy atom. The Kier molecular flexibility index (Phi) is 6.70. The van der Waals surface area contributed by atoms with E-state index in [0.29, 0.717) is 18.0 Å². The van der Waals surface area contributed by atoms with Crippen LogP contribution in [0.4, 0.5) is 18.9 Å². The van der Waals surface area contributed by atoms with Crippen LogP contribution in [0.3, 0.4) is 0 Å². The molecule has 0 aromatic heterocycles. The maximum atomic E-state index is 12.8. The zero-order chi connectivity index (χ0) is 18.4. The van der Waals surface area contributed by atoms with Crippen LogP contribution in [0, 0.1) is 0 Å². The average Bonchev–Trinajstić information content (AvgIpc) is 2.54. The molecule has 0 unspecified atom stereocenters. The number of hydrogen-bond donors (Lipinski definition) is 2. The molecule has 0 atom stereocenters. The van der Waals surface area contributed by atoms with Crippen LogP contribution < -0.4 is 10.6 Å². The maximum Gasteiger partial charge on any atom is 0.417 e. The molecule has 0 saturated carbocycles. The van der Waals surface area contributed by atoms with Gasteiger partial charge in [-0.1, -0.05) is 35.3 Å². The number of amides is 1. The summed E-state index contributed by atoms with van der Waals surface area (Å²) in [5.41, 5.74) is 0.119. The van der Waals surface area contributed by atoms with Gasteiger partial charge in [-0.2, -0.15) is 13.2 Å². The van der Waals surface area contributed by atoms with Crippen LogP contribution in [0.2, 0.25) is 10.0 Å². The van der Waals surface area contributed by atoms with Gasteiger partial charge in [-0.25, -0.2) is 0 Å². The van der Waals surface area contributed by atoms with E-state index in [1.165, 1.54) is 6.07 Å². The lowest BCUT2D eigenvalue weighted by molar-refractivity contribution is -0.137. The first-order valence-corrected chi connectivity index (χ1v) is 8.13. The fourth-order valence-corrected chi connectivity index (χ4v) is 2.46. The average molecular weight is 391 g/mol. The standard InChI is InChI=1S/C17H15Cl2F3N2O/c18-12-3-1-11(2-4-12)7-8-23-10-16(25)24-13-5-6-15(19)14(9-13)17(20,21)22/h1-6,9,23H,7-8,10H2,(H,24,25). The topological polar surface area (TPSA) is 41.1 Å². The second-order valence-electron chi connectivity index (χ2n) is 5.29. The molecular formula is C17H15Cl2F3N2O. The van der Waals surface area contributed by atoms with Gasteiger partial charge in [0.25, 0.3) is 0 Å². The van der Waals surface area contributed by atoms with Gasteiger partial charge in [-0.15, -0.1) is 0 Å². The third kappa shape index (κ3) is 6.23. The maximum absolute atomic E-state index is 12.8. The van der Waals surface area contributed by atoms with Crippen molar-refractivity contribution in [3.05, 3.63) is 63.6 Å². The monoisotopic (exact) mass is 390 g/mol. The van der Waals surface area contributed by atoms with Crippen LogP contribution in [0.1, 0.15) is 11.1 Å². The van der Waals surface area contributed by atoms with Crippen molar-refractivity contribution in [3.63, 3.8) is 0 Å². The van der Waals surface area contributed by atoms with Gasteiger partial charge >= 0.3 is 6.18 Å². The third-order valence-corrected chi connectivity index (χ3v) is 3.93. The molecule has 134 valence electrons. The smallest absolute Gasteiger partial charge is 0.325 e. The highest BCUT2D eigenvalue weighted by atomic mass is 35.5. The van der Waals surface area contributed by atoms with Gasteiger partial charge in [-0.05, 0) is 48.9 Å². The molecular weight excluding hydrogens is 376 g/mol. The minimum absolute atomic E-state index is 0.0163. The second kappa shape index (κ2) is 8.56. The van der Waals surface area contributed by atoms with E-state index in [2.05, 4.69) is 10.6 Å². The Bertz CT molecular complexity index is 734. The van der Waals surface area contributed by atoms with Gasteiger partial charge in [0.15, 0.2) is 0 Å². The highest BCUT2D eigenvalue weighted by Gasteiger charge is 2.33. The molecule has 2 rings (SSSR count). The molecule has 0 bridgehead atoms. The first kappa shape index (κ1) is 19.6. The molecule has 3 nitrogen and oxygen atoms in total. The van der Waals surface area contributed by atoms with Gasteiger partial charge in [0.05, 0.1) is 17.1 Å². The Balaban J connectivity index is 1.81. The third-order valence-electron chi connectivity index (χ3n) is 3.34. The second-order valence-corrected chi connectivity index (χ2v) is 6.14. The Morgan fingerprint density at radius 1 is 1.04 bits per heavy atom. The molecule has 0 aliphatic rings. The predicted octanol–water partition coefficient (Wildman–Crippen LogP) is 4.78. The number of anilines is 1. The van der Waals surface area contributed by atoms with Gasteiger partial charge in [0.1, 0.15) is 0 Å². The van der Waals surface area contributed by atoms with Gasteiger partial charge in [0, 0.05) is 10.7 Å². The van der Waals surface area contributed by atoms with E-state index >= 15 is 0 Å². The zero-order valence-electron chi connectivity index (χ0n) is 13.0. The molecule has 0 fully saturated rings. The van der Waals surface area contributed by atoms with Crippen molar-refractivity contribution < 1.29 is 18.0 Å². The van der Waals surface area contributed by atoms with E-state index in [-0.39, 0.29) is 12.2 Å². The van der Waals surface area contributed by atoms with Crippen molar-refractivity contribution in [1.29, 1.82) is 0 Å². The Labute approximate surface area is 153 Å². The van der Waals surface area contributed by atoms with Crippen molar-refractivity contribution in [3.8, 4) is 0 Å². The molecule has 2 aromatic carbocycles. The normalized spacial score (nSPS) is 11.4.